The summed E-state index contributed by atoms with van der Waals surface area (Å²) in [6, 6.07) is 3.28. The van der Waals surface area contributed by atoms with E-state index in [0.29, 0.717) is 50.7 Å². The molecule has 0 aliphatic carbocycles. The molecule has 0 saturated heterocycles. The van der Waals surface area contributed by atoms with Gasteiger partial charge in [-0.3, -0.25) is 0 Å². The van der Waals surface area contributed by atoms with Crippen molar-refractivity contribution in [3.8, 4) is 5.88 Å². The van der Waals surface area contributed by atoms with Crippen LogP contribution in [-0.4, -0.2) is 56.9 Å². The van der Waals surface area contributed by atoms with Crippen LogP contribution in [0, 0.1) is 0 Å². The average Bonchev–Trinajstić information content (AvgIpc) is 2.39. The topological polar surface area (TPSA) is 62.7 Å². The Labute approximate surface area is 111 Å². The molecule has 0 N–H and O–H groups in total. The number of rotatable bonds is 10. The van der Waals surface area contributed by atoms with Crippen LogP contribution in [0.3, 0.4) is 0 Å². The quantitative estimate of drug-likeness (QED) is 0.598. The van der Waals surface area contributed by atoms with E-state index in [4.69, 9.17) is 30.5 Å². The van der Waals surface area contributed by atoms with Crippen LogP contribution in [0.15, 0.2) is 12.1 Å². The molecule has 0 amide bonds. The maximum absolute atomic E-state index is 5.59. The summed E-state index contributed by atoms with van der Waals surface area (Å²) in [7, 11) is 1.64. The zero-order valence-corrected chi connectivity index (χ0v) is 11.1. The smallest absolute Gasteiger partial charge is 0.233 e. The summed E-state index contributed by atoms with van der Waals surface area (Å²) in [5, 5.41) is 7.74. The van der Waals surface area contributed by atoms with Crippen molar-refractivity contribution < 1.29 is 18.9 Å². The fraction of sp³-hybridized carbons (Fsp3) is 0.636. The molecule has 7 heteroatoms. The molecule has 0 saturated carbocycles. The molecule has 1 aromatic rings. The lowest BCUT2D eigenvalue weighted by atomic mass is 10.6. The molecule has 0 aliphatic rings. The van der Waals surface area contributed by atoms with Gasteiger partial charge in [-0.2, -0.15) is 0 Å². The van der Waals surface area contributed by atoms with E-state index in [1.54, 1.807) is 19.2 Å². The largest absolute Gasteiger partial charge is 0.474 e. The van der Waals surface area contributed by atoms with Gasteiger partial charge in [0.05, 0.1) is 33.0 Å². The minimum absolute atomic E-state index is 0.340. The van der Waals surface area contributed by atoms with Gasteiger partial charge in [-0.25, -0.2) is 0 Å². The Hall–Kier alpha value is -0.950. The van der Waals surface area contributed by atoms with Crippen LogP contribution in [0.4, 0.5) is 0 Å². The minimum atomic E-state index is 0.340. The van der Waals surface area contributed by atoms with Gasteiger partial charge in [0.1, 0.15) is 6.61 Å². The second-order valence-corrected chi connectivity index (χ2v) is 3.65. The van der Waals surface area contributed by atoms with Crippen molar-refractivity contribution >= 4 is 11.6 Å². The molecule has 18 heavy (non-hydrogen) atoms. The minimum Gasteiger partial charge on any atom is -0.474 e. The predicted octanol–water partition coefficient (Wildman–Crippen LogP) is 1.19. The van der Waals surface area contributed by atoms with E-state index in [-0.39, 0.29) is 0 Å². The van der Waals surface area contributed by atoms with Gasteiger partial charge < -0.3 is 18.9 Å². The van der Waals surface area contributed by atoms with Crippen LogP contribution in [0.2, 0.25) is 5.15 Å². The Morgan fingerprint density at radius 3 is 2.22 bits per heavy atom. The van der Waals surface area contributed by atoms with Crippen molar-refractivity contribution in [2.24, 2.45) is 0 Å². The number of nitrogens with zero attached hydrogens (tertiary/aromatic N) is 2. The highest BCUT2D eigenvalue weighted by atomic mass is 35.5. The summed E-state index contributed by atoms with van der Waals surface area (Å²) < 4.78 is 20.6. The second kappa shape index (κ2) is 10.0. The van der Waals surface area contributed by atoms with Gasteiger partial charge in [0.2, 0.25) is 5.88 Å². The maximum atomic E-state index is 5.59. The summed E-state index contributed by atoms with van der Waals surface area (Å²) in [6.45, 7) is 3.13. The summed E-state index contributed by atoms with van der Waals surface area (Å²) in [5.74, 6) is 0.430. The molecule has 0 spiro atoms. The number of halogens is 1. The standard InChI is InChI=1S/C11H17ClN2O4/c1-15-4-5-16-6-7-17-8-9-18-11-3-2-10(12)13-14-11/h2-3H,4-9H2,1H3. The third kappa shape index (κ3) is 7.39. The maximum Gasteiger partial charge on any atom is 0.233 e. The highest BCUT2D eigenvalue weighted by Crippen LogP contribution is 2.07. The zero-order chi connectivity index (χ0) is 13.1. The van der Waals surface area contributed by atoms with E-state index < -0.39 is 0 Å². The molecular weight excluding hydrogens is 260 g/mol. The van der Waals surface area contributed by atoms with E-state index in [1.807, 2.05) is 0 Å². The first-order chi connectivity index (χ1) is 8.83. The van der Waals surface area contributed by atoms with Gasteiger partial charge in [0.25, 0.3) is 0 Å². The molecule has 6 nitrogen and oxygen atoms in total. The van der Waals surface area contributed by atoms with Crippen LogP contribution in [0.25, 0.3) is 0 Å². The number of aromatic nitrogens is 2. The monoisotopic (exact) mass is 276 g/mol. The molecule has 0 aromatic carbocycles. The molecule has 1 heterocycles. The van der Waals surface area contributed by atoms with Crippen LogP contribution >= 0.6 is 11.6 Å². The van der Waals surface area contributed by atoms with Gasteiger partial charge in [-0.05, 0) is 6.07 Å². The van der Waals surface area contributed by atoms with Crippen molar-refractivity contribution in [2.45, 2.75) is 0 Å². The number of hydrogen-bond donors (Lipinski definition) is 0. The van der Waals surface area contributed by atoms with E-state index in [0.717, 1.165) is 0 Å². The molecule has 0 bridgehead atoms. The summed E-state index contributed by atoms with van der Waals surface area (Å²) >= 11 is 5.59. The first kappa shape index (κ1) is 15.1. The Bertz CT molecular complexity index is 310. The molecule has 1 aromatic heterocycles. The van der Waals surface area contributed by atoms with Gasteiger partial charge in [0, 0.05) is 13.2 Å². The molecule has 0 unspecified atom stereocenters. The Morgan fingerprint density at radius 1 is 0.944 bits per heavy atom. The number of methoxy groups -OCH3 is 1. The molecule has 1 rings (SSSR count). The summed E-state index contributed by atoms with van der Waals surface area (Å²) in [4.78, 5) is 0. The fourth-order valence-electron chi connectivity index (χ4n) is 1.05. The average molecular weight is 277 g/mol. The highest BCUT2D eigenvalue weighted by molar-refractivity contribution is 6.29. The zero-order valence-electron chi connectivity index (χ0n) is 10.3. The lowest BCUT2D eigenvalue weighted by Gasteiger charge is -2.06. The first-order valence-corrected chi connectivity index (χ1v) is 5.97. The Morgan fingerprint density at radius 2 is 1.61 bits per heavy atom. The third-order valence-corrected chi connectivity index (χ3v) is 2.09. The predicted molar refractivity (Wildman–Crippen MR) is 66.1 cm³/mol. The van der Waals surface area contributed by atoms with Crippen LogP contribution in [0.5, 0.6) is 5.88 Å². The van der Waals surface area contributed by atoms with Crippen LogP contribution in [0.1, 0.15) is 0 Å². The van der Waals surface area contributed by atoms with E-state index in [9.17, 15) is 0 Å². The van der Waals surface area contributed by atoms with Crippen molar-refractivity contribution in [3.63, 3.8) is 0 Å². The molecule has 102 valence electrons. The Kier molecular flexibility index (Phi) is 8.41. The van der Waals surface area contributed by atoms with E-state index in [2.05, 4.69) is 10.2 Å². The van der Waals surface area contributed by atoms with Gasteiger partial charge in [0.15, 0.2) is 5.15 Å². The van der Waals surface area contributed by atoms with Crippen molar-refractivity contribution in [2.75, 3.05) is 46.8 Å². The van der Waals surface area contributed by atoms with Gasteiger partial charge in [-0.15, -0.1) is 10.2 Å². The van der Waals surface area contributed by atoms with Crippen molar-refractivity contribution in [3.05, 3.63) is 17.3 Å². The molecular formula is C11H17ClN2O4. The first-order valence-electron chi connectivity index (χ1n) is 5.59. The third-order valence-electron chi connectivity index (χ3n) is 1.89. The van der Waals surface area contributed by atoms with Crippen molar-refractivity contribution in [1.82, 2.24) is 10.2 Å². The lowest BCUT2D eigenvalue weighted by Crippen LogP contribution is -2.12. The fourth-order valence-corrected chi connectivity index (χ4v) is 1.15. The Balaban J connectivity index is 1.91. The second-order valence-electron chi connectivity index (χ2n) is 3.26. The SMILES string of the molecule is COCCOCCOCCOc1ccc(Cl)nn1. The summed E-state index contributed by atoms with van der Waals surface area (Å²) in [5.41, 5.74) is 0. The molecule has 0 fully saturated rings. The molecule has 0 atom stereocenters. The molecule has 0 aliphatic heterocycles. The normalized spacial score (nSPS) is 10.6. The lowest BCUT2D eigenvalue weighted by molar-refractivity contribution is 0.0176. The van der Waals surface area contributed by atoms with Crippen molar-refractivity contribution in [1.29, 1.82) is 0 Å². The molecule has 0 radical (unpaired) electrons. The number of hydrogen-bond acceptors (Lipinski definition) is 6. The van der Waals surface area contributed by atoms with Gasteiger partial charge >= 0.3 is 0 Å². The van der Waals surface area contributed by atoms with Gasteiger partial charge in [-0.1, -0.05) is 11.6 Å². The van der Waals surface area contributed by atoms with Crippen LogP contribution < -0.4 is 4.74 Å². The van der Waals surface area contributed by atoms with E-state index >= 15 is 0 Å². The highest BCUT2D eigenvalue weighted by Gasteiger charge is 1.96. The summed E-state index contributed by atoms with van der Waals surface area (Å²) in [6.07, 6.45) is 0. The number of ether oxygens (including phenoxy) is 4. The van der Waals surface area contributed by atoms with E-state index in [1.165, 1.54) is 0 Å². The van der Waals surface area contributed by atoms with Crippen LogP contribution in [-0.2, 0) is 14.2 Å².